The Bertz CT molecular complexity index is 279. The summed E-state index contributed by atoms with van der Waals surface area (Å²) in [6, 6.07) is 0. The van der Waals surface area contributed by atoms with E-state index >= 15 is 0 Å². The number of piperidine rings is 2. The van der Waals surface area contributed by atoms with Crippen molar-refractivity contribution in [3.63, 3.8) is 0 Å². The van der Waals surface area contributed by atoms with Crippen LogP contribution >= 0.6 is 0 Å². The van der Waals surface area contributed by atoms with Crippen molar-refractivity contribution < 1.29 is 4.79 Å². The number of nitrogens with zero attached hydrogens (tertiary/aromatic N) is 1. The molecule has 0 aromatic heterocycles. The lowest BCUT2D eigenvalue weighted by Crippen LogP contribution is -2.51. The number of rotatable bonds is 3. The van der Waals surface area contributed by atoms with Gasteiger partial charge in [-0.25, -0.2) is 0 Å². The predicted octanol–water partition coefficient (Wildman–Crippen LogP) is 2.41. The maximum absolute atomic E-state index is 12.9. The number of carbonyl (C=O) groups excluding carboxylic acids is 1. The Morgan fingerprint density at radius 1 is 1.39 bits per heavy atom. The molecular formula is C15H28N2O. The van der Waals surface area contributed by atoms with E-state index in [1.165, 1.54) is 12.8 Å². The van der Waals surface area contributed by atoms with E-state index in [0.717, 1.165) is 51.9 Å². The normalized spacial score (nSPS) is 28.1. The minimum Gasteiger partial charge on any atom is -0.342 e. The topological polar surface area (TPSA) is 32.3 Å². The smallest absolute Gasteiger partial charge is 0.228 e. The quantitative estimate of drug-likeness (QED) is 0.836. The van der Waals surface area contributed by atoms with Gasteiger partial charge in [0.05, 0.1) is 5.41 Å². The third-order valence-electron chi connectivity index (χ3n) is 4.69. The molecule has 0 bridgehead atoms. The molecule has 2 aliphatic rings. The molecule has 1 N–H and O–H groups in total. The molecule has 0 aromatic carbocycles. The van der Waals surface area contributed by atoms with E-state index in [0.29, 0.717) is 11.8 Å². The van der Waals surface area contributed by atoms with Gasteiger partial charge >= 0.3 is 0 Å². The molecule has 3 nitrogen and oxygen atoms in total. The van der Waals surface area contributed by atoms with Crippen LogP contribution in [0.4, 0.5) is 0 Å². The molecule has 2 rings (SSSR count). The Balaban J connectivity index is 2.07. The number of hydrogen-bond acceptors (Lipinski definition) is 2. The maximum atomic E-state index is 12.9. The van der Waals surface area contributed by atoms with E-state index < -0.39 is 0 Å². The summed E-state index contributed by atoms with van der Waals surface area (Å²) in [6.07, 6.45) is 6.72. The highest BCUT2D eigenvalue weighted by molar-refractivity contribution is 5.83. The minimum absolute atomic E-state index is 0.0446. The van der Waals surface area contributed by atoms with Crippen molar-refractivity contribution in [1.82, 2.24) is 10.2 Å². The Morgan fingerprint density at radius 2 is 2.11 bits per heavy atom. The van der Waals surface area contributed by atoms with Crippen molar-refractivity contribution in [3.8, 4) is 0 Å². The van der Waals surface area contributed by atoms with Gasteiger partial charge in [0.15, 0.2) is 0 Å². The highest BCUT2D eigenvalue weighted by Crippen LogP contribution is 2.37. The lowest BCUT2D eigenvalue weighted by atomic mass is 9.73. The van der Waals surface area contributed by atoms with Gasteiger partial charge in [-0.3, -0.25) is 4.79 Å². The second kappa shape index (κ2) is 6.05. The summed E-state index contributed by atoms with van der Waals surface area (Å²) in [5.41, 5.74) is -0.0446. The molecule has 0 spiro atoms. The van der Waals surface area contributed by atoms with Crippen molar-refractivity contribution in [2.24, 2.45) is 11.3 Å². The summed E-state index contributed by atoms with van der Waals surface area (Å²) >= 11 is 0. The first-order valence-electron chi connectivity index (χ1n) is 7.68. The maximum Gasteiger partial charge on any atom is 0.228 e. The Kier molecular flexibility index (Phi) is 4.66. The third kappa shape index (κ3) is 2.87. The zero-order chi connectivity index (χ0) is 13.0. The molecule has 2 heterocycles. The van der Waals surface area contributed by atoms with Gasteiger partial charge in [0.1, 0.15) is 0 Å². The van der Waals surface area contributed by atoms with Gasteiger partial charge in [-0.15, -0.1) is 0 Å². The molecule has 2 fully saturated rings. The van der Waals surface area contributed by atoms with Crippen LogP contribution in [0.5, 0.6) is 0 Å². The molecule has 2 aliphatic heterocycles. The molecule has 18 heavy (non-hydrogen) atoms. The van der Waals surface area contributed by atoms with Gasteiger partial charge < -0.3 is 10.2 Å². The fourth-order valence-corrected chi connectivity index (χ4v) is 3.66. The van der Waals surface area contributed by atoms with Gasteiger partial charge in [0, 0.05) is 13.1 Å². The van der Waals surface area contributed by atoms with E-state index in [1.807, 2.05) is 0 Å². The predicted molar refractivity (Wildman–Crippen MR) is 74.4 cm³/mol. The van der Waals surface area contributed by atoms with Gasteiger partial charge in [0.2, 0.25) is 5.91 Å². The SMILES string of the molecule is CCCC1(C(=O)N2CCCC(C)C2)CCNCC1. The number of hydrogen-bond donors (Lipinski definition) is 1. The summed E-state index contributed by atoms with van der Waals surface area (Å²) < 4.78 is 0. The summed E-state index contributed by atoms with van der Waals surface area (Å²) in [5.74, 6) is 1.14. The fraction of sp³-hybridized carbons (Fsp3) is 0.933. The summed E-state index contributed by atoms with van der Waals surface area (Å²) in [5, 5.41) is 3.39. The van der Waals surface area contributed by atoms with Gasteiger partial charge in [-0.05, 0) is 51.1 Å². The van der Waals surface area contributed by atoms with Crippen molar-refractivity contribution in [2.75, 3.05) is 26.2 Å². The van der Waals surface area contributed by atoms with Crippen LogP contribution < -0.4 is 5.32 Å². The Labute approximate surface area is 111 Å². The number of carbonyl (C=O) groups is 1. The summed E-state index contributed by atoms with van der Waals surface area (Å²) in [6.45, 7) is 8.47. The first kappa shape index (κ1) is 13.9. The zero-order valence-corrected chi connectivity index (χ0v) is 12.0. The number of likely N-dealkylation sites (tertiary alicyclic amines) is 1. The summed E-state index contributed by atoms with van der Waals surface area (Å²) in [7, 11) is 0. The van der Waals surface area contributed by atoms with Crippen LogP contribution in [0.15, 0.2) is 0 Å². The van der Waals surface area contributed by atoms with E-state index in [-0.39, 0.29) is 5.41 Å². The van der Waals surface area contributed by atoms with E-state index in [4.69, 9.17) is 0 Å². The molecule has 1 atom stereocenters. The number of amides is 1. The Morgan fingerprint density at radius 3 is 2.72 bits per heavy atom. The number of nitrogens with one attached hydrogen (secondary N) is 1. The second-order valence-corrected chi connectivity index (χ2v) is 6.28. The molecule has 0 aromatic rings. The van der Waals surface area contributed by atoms with Gasteiger partial charge in [0.25, 0.3) is 0 Å². The van der Waals surface area contributed by atoms with Gasteiger partial charge in [-0.2, -0.15) is 0 Å². The van der Waals surface area contributed by atoms with Crippen LogP contribution in [0.25, 0.3) is 0 Å². The van der Waals surface area contributed by atoms with Gasteiger partial charge in [-0.1, -0.05) is 20.3 Å². The van der Waals surface area contributed by atoms with E-state index in [1.54, 1.807) is 0 Å². The molecule has 3 heteroatoms. The van der Waals surface area contributed by atoms with Crippen molar-refractivity contribution in [2.45, 2.75) is 52.4 Å². The second-order valence-electron chi connectivity index (χ2n) is 6.28. The van der Waals surface area contributed by atoms with Crippen molar-refractivity contribution in [3.05, 3.63) is 0 Å². The average molecular weight is 252 g/mol. The first-order chi connectivity index (χ1) is 8.68. The molecule has 1 amide bonds. The van der Waals surface area contributed by atoms with Crippen LogP contribution in [0.1, 0.15) is 52.4 Å². The first-order valence-corrected chi connectivity index (χ1v) is 7.68. The lowest BCUT2D eigenvalue weighted by Gasteiger charge is -2.42. The molecule has 1 unspecified atom stereocenters. The average Bonchev–Trinajstić information content (AvgIpc) is 2.39. The van der Waals surface area contributed by atoms with Crippen LogP contribution in [-0.4, -0.2) is 37.0 Å². The van der Waals surface area contributed by atoms with Crippen LogP contribution in [0.3, 0.4) is 0 Å². The lowest BCUT2D eigenvalue weighted by molar-refractivity contribution is -0.146. The molecule has 104 valence electrons. The van der Waals surface area contributed by atoms with E-state index in [9.17, 15) is 4.79 Å². The van der Waals surface area contributed by atoms with Crippen LogP contribution in [0, 0.1) is 11.3 Å². The third-order valence-corrected chi connectivity index (χ3v) is 4.69. The van der Waals surface area contributed by atoms with Crippen molar-refractivity contribution in [1.29, 1.82) is 0 Å². The van der Waals surface area contributed by atoms with Crippen LogP contribution in [-0.2, 0) is 4.79 Å². The monoisotopic (exact) mass is 252 g/mol. The molecular weight excluding hydrogens is 224 g/mol. The summed E-state index contributed by atoms with van der Waals surface area (Å²) in [4.78, 5) is 15.1. The van der Waals surface area contributed by atoms with Crippen LogP contribution in [0.2, 0.25) is 0 Å². The molecule has 2 saturated heterocycles. The molecule has 0 saturated carbocycles. The largest absolute Gasteiger partial charge is 0.342 e. The molecule has 0 radical (unpaired) electrons. The zero-order valence-electron chi connectivity index (χ0n) is 12.0. The fourth-order valence-electron chi connectivity index (χ4n) is 3.66. The highest BCUT2D eigenvalue weighted by Gasteiger charge is 2.41. The van der Waals surface area contributed by atoms with Crippen molar-refractivity contribution >= 4 is 5.91 Å². The highest BCUT2D eigenvalue weighted by atomic mass is 16.2. The minimum atomic E-state index is -0.0446. The van der Waals surface area contributed by atoms with E-state index in [2.05, 4.69) is 24.1 Å². The molecule has 0 aliphatic carbocycles. The Hall–Kier alpha value is -0.570. The standard InChI is InChI=1S/C15H28N2O/c1-3-6-15(7-9-16-10-8-15)14(18)17-11-4-5-13(2)12-17/h13,16H,3-12H2,1-2H3.